The van der Waals surface area contributed by atoms with Crippen LogP contribution >= 0.6 is 0 Å². The number of nitrogens with one attached hydrogen (secondary N) is 1. The number of amides is 1. The fraction of sp³-hybridized carbons (Fsp3) is 0.286. The van der Waals surface area contributed by atoms with Gasteiger partial charge in [-0.2, -0.15) is 0 Å². The first-order valence-electron chi connectivity index (χ1n) is 9.31. The summed E-state index contributed by atoms with van der Waals surface area (Å²) in [6, 6.07) is 11.4. The predicted molar refractivity (Wildman–Crippen MR) is 104 cm³/mol. The van der Waals surface area contributed by atoms with Crippen molar-refractivity contribution < 1.29 is 9.18 Å². The van der Waals surface area contributed by atoms with Gasteiger partial charge in [0.15, 0.2) is 0 Å². The number of aromatic amines is 1. The Morgan fingerprint density at radius 2 is 1.96 bits per heavy atom. The normalized spacial score (nSPS) is 13.6. The number of benzene rings is 2. The average molecular weight is 381 g/mol. The van der Waals surface area contributed by atoms with Crippen LogP contribution in [0.1, 0.15) is 35.7 Å². The van der Waals surface area contributed by atoms with Gasteiger partial charge in [0.2, 0.25) is 0 Å². The largest absolute Gasteiger partial charge is 0.331 e. The van der Waals surface area contributed by atoms with Gasteiger partial charge in [-0.1, -0.05) is 18.2 Å². The molecule has 0 bridgehead atoms. The maximum absolute atomic E-state index is 14.1. The highest BCUT2D eigenvalue weighted by molar-refractivity contribution is 5.97. The zero-order valence-electron chi connectivity index (χ0n) is 15.4. The van der Waals surface area contributed by atoms with Crippen LogP contribution in [0.15, 0.2) is 52.1 Å². The monoisotopic (exact) mass is 381 g/mol. The standard InChI is InChI=1S/C21H20FN3O3/c1-2-24-18-10-7-13(11-17(18)23-19(26)21(24)28)20(27)25(15-8-9-15)12-14-5-3-4-6-16(14)22/h3-7,10-11,15H,2,8-9,12H2,1H3,(H,23,26). The molecule has 0 spiro atoms. The van der Waals surface area contributed by atoms with E-state index in [1.807, 2.05) is 0 Å². The van der Waals surface area contributed by atoms with Crippen LogP contribution in [0.3, 0.4) is 0 Å². The summed E-state index contributed by atoms with van der Waals surface area (Å²) in [5.41, 5.74) is 0.525. The van der Waals surface area contributed by atoms with Crippen molar-refractivity contribution in [2.45, 2.75) is 38.9 Å². The van der Waals surface area contributed by atoms with Gasteiger partial charge >= 0.3 is 11.1 Å². The number of carbonyl (C=O) groups is 1. The summed E-state index contributed by atoms with van der Waals surface area (Å²) in [6.07, 6.45) is 1.78. The van der Waals surface area contributed by atoms with Crippen LogP contribution in [-0.4, -0.2) is 26.4 Å². The average Bonchev–Trinajstić information content (AvgIpc) is 3.53. The Balaban J connectivity index is 1.72. The van der Waals surface area contributed by atoms with Gasteiger partial charge in [0, 0.05) is 30.3 Å². The van der Waals surface area contributed by atoms with Gasteiger partial charge in [0.25, 0.3) is 5.91 Å². The molecule has 7 heteroatoms. The summed E-state index contributed by atoms with van der Waals surface area (Å²) in [5, 5.41) is 0. The molecule has 0 saturated heterocycles. The Labute approximate surface area is 160 Å². The zero-order chi connectivity index (χ0) is 19.8. The van der Waals surface area contributed by atoms with Crippen molar-refractivity contribution in [2.75, 3.05) is 0 Å². The Morgan fingerprint density at radius 1 is 1.21 bits per heavy atom. The number of aromatic nitrogens is 2. The number of hydrogen-bond acceptors (Lipinski definition) is 3. The lowest BCUT2D eigenvalue weighted by molar-refractivity contribution is 0.0728. The molecular formula is C21H20FN3O3. The van der Waals surface area contributed by atoms with Crippen molar-refractivity contribution in [1.82, 2.24) is 14.5 Å². The molecule has 2 aromatic carbocycles. The second kappa shape index (κ2) is 7.07. The van der Waals surface area contributed by atoms with E-state index >= 15 is 0 Å². The van der Waals surface area contributed by atoms with Crippen LogP contribution in [0.2, 0.25) is 0 Å². The molecule has 1 N–H and O–H groups in total. The first kappa shape index (κ1) is 18.2. The number of fused-ring (bicyclic) bond motifs is 1. The smallest absolute Gasteiger partial charge is 0.316 e. The minimum atomic E-state index is -0.718. The molecule has 28 heavy (non-hydrogen) atoms. The first-order chi connectivity index (χ1) is 13.5. The lowest BCUT2D eigenvalue weighted by atomic mass is 10.1. The lowest BCUT2D eigenvalue weighted by Gasteiger charge is -2.23. The Bertz CT molecular complexity index is 1180. The summed E-state index contributed by atoms with van der Waals surface area (Å²) in [6.45, 7) is 2.33. The molecule has 1 aliphatic rings. The fourth-order valence-electron chi connectivity index (χ4n) is 3.46. The van der Waals surface area contributed by atoms with E-state index in [2.05, 4.69) is 4.98 Å². The topological polar surface area (TPSA) is 75.2 Å². The molecule has 1 aromatic heterocycles. The van der Waals surface area contributed by atoms with E-state index in [9.17, 15) is 18.8 Å². The highest BCUT2D eigenvalue weighted by Crippen LogP contribution is 2.30. The lowest BCUT2D eigenvalue weighted by Crippen LogP contribution is -2.36. The van der Waals surface area contributed by atoms with Gasteiger partial charge in [-0.15, -0.1) is 0 Å². The van der Waals surface area contributed by atoms with E-state index in [4.69, 9.17) is 0 Å². The summed E-state index contributed by atoms with van der Waals surface area (Å²) in [7, 11) is 0. The van der Waals surface area contributed by atoms with E-state index in [-0.39, 0.29) is 24.3 Å². The maximum atomic E-state index is 14.1. The SMILES string of the molecule is CCn1c(=O)c(=O)[nH]c2cc(C(=O)N(Cc3ccccc3F)C3CC3)ccc21. The van der Waals surface area contributed by atoms with E-state index in [0.29, 0.717) is 28.7 Å². The molecule has 0 unspecified atom stereocenters. The van der Waals surface area contributed by atoms with Crippen LogP contribution in [-0.2, 0) is 13.1 Å². The van der Waals surface area contributed by atoms with Crippen molar-refractivity contribution in [3.05, 3.63) is 80.1 Å². The van der Waals surface area contributed by atoms with Crippen LogP contribution in [0, 0.1) is 5.82 Å². The quantitative estimate of drug-likeness (QED) is 0.691. The van der Waals surface area contributed by atoms with Gasteiger partial charge in [-0.25, -0.2) is 4.39 Å². The minimum Gasteiger partial charge on any atom is -0.331 e. The zero-order valence-corrected chi connectivity index (χ0v) is 15.4. The predicted octanol–water partition coefficient (Wildman–Crippen LogP) is 2.65. The molecule has 3 aromatic rings. The van der Waals surface area contributed by atoms with Gasteiger partial charge in [0.1, 0.15) is 5.82 Å². The number of aryl methyl sites for hydroxylation is 1. The Hall–Kier alpha value is -3.22. The molecule has 0 radical (unpaired) electrons. The van der Waals surface area contributed by atoms with Gasteiger partial charge in [0.05, 0.1) is 11.0 Å². The number of hydrogen-bond donors (Lipinski definition) is 1. The van der Waals surface area contributed by atoms with Gasteiger partial charge < -0.3 is 14.5 Å². The minimum absolute atomic E-state index is 0.0893. The molecule has 1 amide bonds. The van der Waals surface area contributed by atoms with Crippen LogP contribution in [0.5, 0.6) is 0 Å². The molecule has 1 heterocycles. The number of halogens is 1. The molecule has 1 fully saturated rings. The maximum Gasteiger partial charge on any atom is 0.316 e. The molecule has 4 rings (SSSR count). The fourth-order valence-corrected chi connectivity index (χ4v) is 3.46. The second-order valence-corrected chi connectivity index (χ2v) is 6.99. The van der Waals surface area contributed by atoms with Crippen LogP contribution < -0.4 is 11.1 Å². The van der Waals surface area contributed by atoms with E-state index in [1.54, 1.807) is 48.2 Å². The van der Waals surface area contributed by atoms with E-state index < -0.39 is 11.1 Å². The third-order valence-electron chi connectivity index (χ3n) is 5.09. The molecule has 0 aliphatic heterocycles. The number of carbonyl (C=O) groups excluding carboxylic acids is 1. The third kappa shape index (κ3) is 3.24. The van der Waals surface area contributed by atoms with Crippen molar-refractivity contribution in [3.8, 4) is 0 Å². The van der Waals surface area contributed by atoms with E-state index in [1.165, 1.54) is 10.6 Å². The van der Waals surface area contributed by atoms with Gasteiger partial charge in [-0.05, 0) is 44.0 Å². The van der Waals surface area contributed by atoms with Crippen LogP contribution in [0.25, 0.3) is 11.0 Å². The Morgan fingerprint density at radius 3 is 2.64 bits per heavy atom. The third-order valence-corrected chi connectivity index (χ3v) is 5.09. The molecule has 1 saturated carbocycles. The number of H-pyrrole nitrogens is 1. The van der Waals surface area contributed by atoms with Gasteiger partial charge in [-0.3, -0.25) is 14.4 Å². The van der Waals surface area contributed by atoms with Crippen molar-refractivity contribution in [2.24, 2.45) is 0 Å². The summed E-state index contributed by atoms with van der Waals surface area (Å²) in [4.78, 5) is 41.2. The molecule has 144 valence electrons. The van der Waals surface area contributed by atoms with Crippen molar-refractivity contribution in [3.63, 3.8) is 0 Å². The highest BCUT2D eigenvalue weighted by Gasteiger charge is 2.33. The highest BCUT2D eigenvalue weighted by atomic mass is 19.1. The van der Waals surface area contributed by atoms with Crippen molar-refractivity contribution in [1.29, 1.82) is 0 Å². The second-order valence-electron chi connectivity index (χ2n) is 6.99. The Kier molecular flexibility index (Phi) is 4.58. The molecular weight excluding hydrogens is 361 g/mol. The van der Waals surface area contributed by atoms with Crippen molar-refractivity contribution >= 4 is 16.9 Å². The molecule has 0 atom stereocenters. The molecule has 6 nitrogen and oxygen atoms in total. The van der Waals surface area contributed by atoms with Crippen LogP contribution in [0.4, 0.5) is 4.39 Å². The van der Waals surface area contributed by atoms with E-state index in [0.717, 1.165) is 12.8 Å². The summed E-state index contributed by atoms with van der Waals surface area (Å²) < 4.78 is 15.4. The summed E-state index contributed by atoms with van der Waals surface area (Å²) in [5.74, 6) is -0.557. The number of nitrogens with zero attached hydrogens (tertiary/aromatic N) is 2. The summed E-state index contributed by atoms with van der Waals surface area (Å²) >= 11 is 0. The molecule has 1 aliphatic carbocycles. The first-order valence-corrected chi connectivity index (χ1v) is 9.31. The number of rotatable bonds is 5.